The summed E-state index contributed by atoms with van der Waals surface area (Å²) in [7, 11) is 0. The largest absolute Gasteiger partial charge is 0.0616 e. The Kier molecular flexibility index (Phi) is 3.38. The highest BCUT2D eigenvalue weighted by Crippen LogP contribution is 2.31. The number of hydrogen-bond acceptors (Lipinski definition) is 0. The fourth-order valence-electron chi connectivity index (χ4n) is 3.48. The summed E-state index contributed by atoms with van der Waals surface area (Å²) < 4.78 is 0. The first-order chi connectivity index (χ1) is 11.2. The van der Waals surface area contributed by atoms with E-state index in [-0.39, 0.29) is 0 Å². The molecule has 0 heterocycles. The quantitative estimate of drug-likeness (QED) is 0.386. The average Bonchev–Trinajstić information content (AvgIpc) is 2.58. The highest BCUT2D eigenvalue weighted by atomic mass is 14.1. The van der Waals surface area contributed by atoms with Crippen molar-refractivity contribution in [2.45, 2.75) is 20.3 Å². The Morgan fingerprint density at radius 1 is 0.652 bits per heavy atom. The fourth-order valence-corrected chi connectivity index (χ4v) is 3.48. The van der Waals surface area contributed by atoms with E-state index in [9.17, 15) is 0 Å². The van der Waals surface area contributed by atoms with Crippen LogP contribution in [0.15, 0.2) is 72.8 Å². The summed E-state index contributed by atoms with van der Waals surface area (Å²) in [5, 5.41) is 5.39. The van der Waals surface area contributed by atoms with Crippen LogP contribution in [0.2, 0.25) is 0 Å². The summed E-state index contributed by atoms with van der Waals surface area (Å²) in [4.78, 5) is 0. The molecular formula is C23H20. The minimum atomic E-state index is 0.982. The van der Waals surface area contributed by atoms with Crippen LogP contribution in [-0.2, 0) is 6.42 Å². The smallest absolute Gasteiger partial charge is 0.00107 e. The van der Waals surface area contributed by atoms with Gasteiger partial charge in [0, 0.05) is 0 Å². The van der Waals surface area contributed by atoms with Crippen molar-refractivity contribution in [2.24, 2.45) is 0 Å². The van der Waals surface area contributed by atoms with Crippen molar-refractivity contribution in [3.05, 3.63) is 95.1 Å². The summed E-state index contributed by atoms with van der Waals surface area (Å²) in [6, 6.07) is 26.5. The summed E-state index contributed by atoms with van der Waals surface area (Å²) >= 11 is 0. The van der Waals surface area contributed by atoms with Gasteiger partial charge in [-0.25, -0.2) is 0 Å². The van der Waals surface area contributed by atoms with E-state index in [1.165, 1.54) is 43.8 Å². The molecule has 0 aliphatic carbocycles. The molecule has 4 aromatic carbocycles. The van der Waals surface area contributed by atoms with E-state index < -0.39 is 0 Å². The molecule has 23 heavy (non-hydrogen) atoms. The second kappa shape index (κ2) is 5.55. The van der Waals surface area contributed by atoms with E-state index in [1.54, 1.807) is 0 Å². The van der Waals surface area contributed by atoms with Crippen LogP contribution in [0.25, 0.3) is 21.5 Å². The first-order valence-electron chi connectivity index (χ1n) is 8.18. The molecule has 0 aromatic heterocycles. The van der Waals surface area contributed by atoms with Crippen molar-refractivity contribution in [1.82, 2.24) is 0 Å². The molecule has 112 valence electrons. The third-order valence-electron chi connectivity index (χ3n) is 4.75. The van der Waals surface area contributed by atoms with Crippen LogP contribution in [0.4, 0.5) is 0 Å². The monoisotopic (exact) mass is 296 g/mol. The van der Waals surface area contributed by atoms with Gasteiger partial charge in [-0.2, -0.15) is 0 Å². The Hall–Kier alpha value is -2.60. The third-order valence-corrected chi connectivity index (χ3v) is 4.75. The van der Waals surface area contributed by atoms with Crippen LogP contribution in [0, 0.1) is 13.8 Å². The summed E-state index contributed by atoms with van der Waals surface area (Å²) in [6.07, 6.45) is 0.982. The molecule has 4 rings (SSSR count). The van der Waals surface area contributed by atoms with Crippen molar-refractivity contribution < 1.29 is 0 Å². The Bertz CT molecular complexity index is 955. The van der Waals surface area contributed by atoms with Crippen LogP contribution in [0.5, 0.6) is 0 Å². The van der Waals surface area contributed by atoms with Crippen LogP contribution in [-0.4, -0.2) is 0 Å². The molecule has 0 unspecified atom stereocenters. The lowest BCUT2D eigenvalue weighted by Gasteiger charge is -2.14. The Morgan fingerprint density at radius 3 is 1.91 bits per heavy atom. The van der Waals surface area contributed by atoms with Crippen LogP contribution >= 0.6 is 0 Å². The maximum Gasteiger partial charge on any atom is -0.00107 e. The van der Waals surface area contributed by atoms with Gasteiger partial charge in [0.15, 0.2) is 0 Å². The number of hydrogen-bond donors (Lipinski definition) is 0. The third kappa shape index (κ3) is 2.51. The molecule has 0 N–H and O–H groups in total. The Labute approximate surface area is 137 Å². The number of benzene rings is 4. The minimum Gasteiger partial charge on any atom is -0.0616 e. The molecule has 0 spiro atoms. The van der Waals surface area contributed by atoms with E-state index in [2.05, 4.69) is 86.6 Å². The van der Waals surface area contributed by atoms with Gasteiger partial charge in [0.05, 0.1) is 0 Å². The van der Waals surface area contributed by atoms with Gasteiger partial charge < -0.3 is 0 Å². The summed E-state index contributed by atoms with van der Waals surface area (Å²) in [6.45, 7) is 4.38. The molecule has 4 aromatic rings. The Morgan fingerprint density at radius 2 is 1.26 bits per heavy atom. The average molecular weight is 296 g/mol. The summed E-state index contributed by atoms with van der Waals surface area (Å²) in [5.74, 6) is 0. The van der Waals surface area contributed by atoms with E-state index in [0.717, 1.165) is 6.42 Å². The first-order valence-corrected chi connectivity index (χ1v) is 8.18. The molecule has 0 aliphatic rings. The van der Waals surface area contributed by atoms with Crippen molar-refractivity contribution in [3.63, 3.8) is 0 Å². The zero-order valence-electron chi connectivity index (χ0n) is 13.6. The number of aryl methyl sites for hydroxylation is 2. The molecule has 0 bridgehead atoms. The predicted molar refractivity (Wildman–Crippen MR) is 100 cm³/mol. The van der Waals surface area contributed by atoms with Gasteiger partial charge in [0.25, 0.3) is 0 Å². The predicted octanol–water partition coefficient (Wildman–Crippen LogP) is 6.20. The van der Waals surface area contributed by atoms with Crippen LogP contribution in [0.3, 0.4) is 0 Å². The lowest BCUT2D eigenvalue weighted by atomic mass is 9.91. The van der Waals surface area contributed by atoms with Gasteiger partial charge >= 0.3 is 0 Å². The van der Waals surface area contributed by atoms with Crippen LogP contribution in [0.1, 0.15) is 22.3 Å². The zero-order chi connectivity index (χ0) is 15.8. The fraction of sp³-hybridized carbons (Fsp3) is 0.130. The van der Waals surface area contributed by atoms with E-state index in [1.807, 2.05) is 0 Å². The minimum absolute atomic E-state index is 0.982. The van der Waals surface area contributed by atoms with Gasteiger partial charge in [0.1, 0.15) is 0 Å². The maximum absolute atomic E-state index is 2.33. The lowest BCUT2D eigenvalue weighted by molar-refractivity contribution is 1.17. The van der Waals surface area contributed by atoms with E-state index >= 15 is 0 Å². The topological polar surface area (TPSA) is 0 Å². The molecule has 0 heteroatoms. The standard InChI is InChI=1S/C23H20/c1-16-11-12-17(2)20(13-16)15-23-21-9-5-3-7-18(21)14-19-8-4-6-10-22(19)23/h3-14H,15H2,1-2H3. The molecule has 0 atom stereocenters. The van der Waals surface area contributed by atoms with Gasteiger partial charge in [-0.05, 0) is 64.6 Å². The second-order valence-corrected chi connectivity index (χ2v) is 6.40. The second-order valence-electron chi connectivity index (χ2n) is 6.40. The highest BCUT2D eigenvalue weighted by molar-refractivity contribution is 6.02. The molecule has 0 aliphatic heterocycles. The molecule has 0 saturated heterocycles. The molecule has 0 amide bonds. The molecular weight excluding hydrogens is 276 g/mol. The van der Waals surface area contributed by atoms with Crippen molar-refractivity contribution >= 4 is 21.5 Å². The zero-order valence-corrected chi connectivity index (χ0v) is 13.6. The van der Waals surface area contributed by atoms with Gasteiger partial charge in [-0.15, -0.1) is 0 Å². The number of fused-ring (bicyclic) bond motifs is 2. The van der Waals surface area contributed by atoms with E-state index in [4.69, 9.17) is 0 Å². The van der Waals surface area contributed by atoms with Gasteiger partial charge in [0.2, 0.25) is 0 Å². The van der Waals surface area contributed by atoms with Crippen molar-refractivity contribution in [1.29, 1.82) is 0 Å². The van der Waals surface area contributed by atoms with E-state index in [0.29, 0.717) is 0 Å². The molecule has 0 nitrogen and oxygen atoms in total. The maximum atomic E-state index is 2.33. The normalized spacial score (nSPS) is 11.2. The van der Waals surface area contributed by atoms with Crippen molar-refractivity contribution in [2.75, 3.05) is 0 Å². The SMILES string of the molecule is Cc1ccc(C)c(Cc2c3ccccc3cc3ccccc23)c1. The van der Waals surface area contributed by atoms with Crippen molar-refractivity contribution in [3.8, 4) is 0 Å². The molecule has 0 radical (unpaired) electrons. The first kappa shape index (κ1) is 14.0. The summed E-state index contributed by atoms with van der Waals surface area (Å²) in [5.41, 5.74) is 5.56. The lowest BCUT2D eigenvalue weighted by Crippen LogP contribution is -1.95. The van der Waals surface area contributed by atoms with Gasteiger partial charge in [-0.3, -0.25) is 0 Å². The molecule has 0 saturated carbocycles. The van der Waals surface area contributed by atoms with Crippen LogP contribution < -0.4 is 0 Å². The Balaban J connectivity index is 2.01. The van der Waals surface area contributed by atoms with Gasteiger partial charge in [-0.1, -0.05) is 72.3 Å². The highest BCUT2D eigenvalue weighted by Gasteiger charge is 2.09. The number of rotatable bonds is 2. The molecule has 0 fully saturated rings.